The fourth-order valence-corrected chi connectivity index (χ4v) is 1.74. The maximum absolute atomic E-state index is 5.54. The van der Waals surface area contributed by atoms with Crippen LogP contribution in [0.3, 0.4) is 0 Å². The zero-order valence-corrected chi connectivity index (χ0v) is 9.09. The second-order valence-corrected chi connectivity index (χ2v) is 3.74. The van der Waals surface area contributed by atoms with E-state index >= 15 is 0 Å². The number of aromatic amines is 1. The fraction of sp³-hybridized carbons (Fsp3) is 0.0833. The van der Waals surface area contributed by atoms with Crippen LogP contribution in [-0.2, 0) is 6.54 Å². The Bertz CT molecular complexity index is 659. The Balaban J connectivity index is 2.11. The van der Waals surface area contributed by atoms with Gasteiger partial charge >= 0.3 is 0 Å². The molecule has 84 valence electrons. The van der Waals surface area contributed by atoms with Gasteiger partial charge in [0.2, 0.25) is 0 Å². The summed E-state index contributed by atoms with van der Waals surface area (Å²) < 4.78 is 0. The number of hydrogen-bond acceptors (Lipinski definition) is 4. The molecule has 3 aromatic rings. The van der Waals surface area contributed by atoms with Crippen molar-refractivity contribution in [2.45, 2.75) is 6.54 Å². The van der Waals surface area contributed by atoms with Crippen LogP contribution in [0.2, 0.25) is 0 Å². The molecular formula is C12H11N5. The summed E-state index contributed by atoms with van der Waals surface area (Å²) in [6.45, 7) is 0.459. The van der Waals surface area contributed by atoms with E-state index in [1.54, 1.807) is 12.4 Å². The third kappa shape index (κ3) is 1.76. The molecule has 0 aliphatic carbocycles. The molecule has 0 saturated carbocycles. The van der Waals surface area contributed by atoms with Gasteiger partial charge in [0.15, 0.2) is 0 Å². The van der Waals surface area contributed by atoms with Gasteiger partial charge in [-0.3, -0.25) is 15.1 Å². The van der Waals surface area contributed by atoms with E-state index in [0.29, 0.717) is 6.54 Å². The van der Waals surface area contributed by atoms with E-state index in [1.807, 2.05) is 24.3 Å². The standard InChI is InChI=1S/C12H11N5/c13-7-9-6-11(17-16-9)8-1-2-10-12(5-8)15-4-3-14-10/h1-6H,7,13H2,(H,16,17). The van der Waals surface area contributed by atoms with Gasteiger partial charge in [-0.2, -0.15) is 5.10 Å². The van der Waals surface area contributed by atoms with Crippen LogP contribution in [0.15, 0.2) is 36.7 Å². The highest BCUT2D eigenvalue weighted by Crippen LogP contribution is 2.21. The molecule has 2 aromatic heterocycles. The third-order valence-corrected chi connectivity index (χ3v) is 2.62. The van der Waals surface area contributed by atoms with E-state index in [-0.39, 0.29) is 0 Å². The van der Waals surface area contributed by atoms with Crippen molar-refractivity contribution in [2.24, 2.45) is 5.73 Å². The molecule has 5 heteroatoms. The molecule has 17 heavy (non-hydrogen) atoms. The highest BCUT2D eigenvalue weighted by Gasteiger charge is 2.04. The number of benzene rings is 1. The summed E-state index contributed by atoms with van der Waals surface area (Å²) in [6, 6.07) is 7.83. The lowest BCUT2D eigenvalue weighted by Crippen LogP contribution is -1.95. The first-order chi connectivity index (χ1) is 8.36. The SMILES string of the molecule is NCc1cc(-c2ccc3nccnc3c2)n[nH]1. The average molecular weight is 225 g/mol. The zero-order chi connectivity index (χ0) is 11.7. The number of nitrogens with zero attached hydrogens (tertiary/aromatic N) is 3. The topological polar surface area (TPSA) is 80.5 Å². The molecule has 0 amide bonds. The van der Waals surface area contributed by atoms with E-state index in [2.05, 4.69) is 20.2 Å². The van der Waals surface area contributed by atoms with Crippen molar-refractivity contribution in [1.82, 2.24) is 20.2 Å². The maximum atomic E-state index is 5.54. The second-order valence-electron chi connectivity index (χ2n) is 3.74. The van der Waals surface area contributed by atoms with Crippen molar-refractivity contribution < 1.29 is 0 Å². The predicted molar refractivity (Wildman–Crippen MR) is 65.0 cm³/mol. The number of H-pyrrole nitrogens is 1. The molecule has 3 N–H and O–H groups in total. The summed E-state index contributed by atoms with van der Waals surface area (Å²) in [7, 11) is 0. The largest absolute Gasteiger partial charge is 0.325 e. The van der Waals surface area contributed by atoms with Crippen LogP contribution in [0.1, 0.15) is 5.69 Å². The second kappa shape index (κ2) is 3.95. The van der Waals surface area contributed by atoms with E-state index in [0.717, 1.165) is 28.0 Å². The lowest BCUT2D eigenvalue weighted by atomic mass is 10.1. The van der Waals surface area contributed by atoms with Gasteiger partial charge < -0.3 is 5.73 Å². The minimum Gasteiger partial charge on any atom is -0.325 e. The Morgan fingerprint density at radius 1 is 1.06 bits per heavy atom. The molecule has 0 unspecified atom stereocenters. The molecule has 0 bridgehead atoms. The van der Waals surface area contributed by atoms with Crippen molar-refractivity contribution in [3.8, 4) is 11.3 Å². The molecule has 1 aromatic carbocycles. The number of nitrogens with one attached hydrogen (secondary N) is 1. The van der Waals surface area contributed by atoms with Crippen LogP contribution in [0.4, 0.5) is 0 Å². The van der Waals surface area contributed by atoms with Gasteiger partial charge in [-0.25, -0.2) is 0 Å². The van der Waals surface area contributed by atoms with E-state index in [9.17, 15) is 0 Å². The summed E-state index contributed by atoms with van der Waals surface area (Å²) in [6.07, 6.45) is 3.37. The molecule has 2 heterocycles. The first-order valence-electron chi connectivity index (χ1n) is 5.32. The van der Waals surface area contributed by atoms with Gasteiger partial charge in [-0.05, 0) is 18.2 Å². The van der Waals surface area contributed by atoms with Crippen molar-refractivity contribution in [2.75, 3.05) is 0 Å². The fourth-order valence-electron chi connectivity index (χ4n) is 1.74. The minimum absolute atomic E-state index is 0.459. The van der Waals surface area contributed by atoms with Gasteiger partial charge in [-0.1, -0.05) is 6.07 Å². The van der Waals surface area contributed by atoms with E-state index in [4.69, 9.17) is 5.73 Å². The Morgan fingerprint density at radius 3 is 2.65 bits per heavy atom. The van der Waals surface area contributed by atoms with Crippen LogP contribution < -0.4 is 5.73 Å². The first-order valence-corrected chi connectivity index (χ1v) is 5.32. The van der Waals surface area contributed by atoms with E-state index < -0.39 is 0 Å². The van der Waals surface area contributed by atoms with Gasteiger partial charge in [-0.15, -0.1) is 0 Å². The van der Waals surface area contributed by atoms with Crippen molar-refractivity contribution in [3.05, 3.63) is 42.4 Å². The maximum Gasteiger partial charge on any atom is 0.0924 e. The van der Waals surface area contributed by atoms with Crippen LogP contribution in [0.5, 0.6) is 0 Å². The van der Waals surface area contributed by atoms with Crippen LogP contribution in [0.25, 0.3) is 22.3 Å². The molecule has 0 spiro atoms. The number of fused-ring (bicyclic) bond motifs is 1. The van der Waals surface area contributed by atoms with Gasteiger partial charge in [0.05, 0.1) is 16.7 Å². The number of rotatable bonds is 2. The normalized spacial score (nSPS) is 10.9. The molecule has 0 saturated heterocycles. The predicted octanol–water partition coefficient (Wildman–Crippen LogP) is 1.48. The smallest absolute Gasteiger partial charge is 0.0924 e. The molecule has 0 aliphatic heterocycles. The van der Waals surface area contributed by atoms with Crippen molar-refractivity contribution in [3.63, 3.8) is 0 Å². The van der Waals surface area contributed by atoms with Crippen LogP contribution in [-0.4, -0.2) is 20.2 Å². The summed E-state index contributed by atoms with van der Waals surface area (Å²) in [5, 5.41) is 7.10. The molecule has 0 aliphatic rings. The number of nitrogens with two attached hydrogens (primary N) is 1. The summed E-state index contributed by atoms with van der Waals surface area (Å²) in [5.74, 6) is 0. The van der Waals surface area contributed by atoms with Crippen molar-refractivity contribution >= 4 is 11.0 Å². The summed E-state index contributed by atoms with van der Waals surface area (Å²) in [4.78, 5) is 8.50. The monoisotopic (exact) mass is 225 g/mol. The van der Waals surface area contributed by atoms with E-state index in [1.165, 1.54) is 0 Å². The molecule has 3 rings (SSSR count). The number of aromatic nitrogens is 4. The lowest BCUT2D eigenvalue weighted by Gasteiger charge is -1.98. The Hall–Kier alpha value is -2.27. The third-order valence-electron chi connectivity index (χ3n) is 2.62. The summed E-state index contributed by atoms with van der Waals surface area (Å²) >= 11 is 0. The zero-order valence-electron chi connectivity index (χ0n) is 9.09. The lowest BCUT2D eigenvalue weighted by molar-refractivity contribution is 0.948. The quantitative estimate of drug-likeness (QED) is 0.692. The molecule has 0 radical (unpaired) electrons. The average Bonchev–Trinajstić information content (AvgIpc) is 2.87. The Labute approximate surface area is 97.7 Å². The highest BCUT2D eigenvalue weighted by atomic mass is 15.1. The Morgan fingerprint density at radius 2 is 1.88 bits per heavy atom. The van der Waals surface area contributed by atoms with Gasteiger partial charge in [0, 0.05) is 30.2 Å². The minimum atomic E-state index is 0.459. The van der Waals surface area contributed by atoms with Gasteiger partial charge in [0.1, 0.15) is 0 Å². The molecular weight excluding hydrogens is 214 g/mol. The highest BCUT2D eigenvalue weighted by molar-refractivity contribution is 5.80. The van der Waals surface area contributed by atoms with Gasteiger partial charge in [0.25, 0.3) is 0 Å². The molecule has 5 nitrogen and oxygen atoms in total. The van der Waals surface area contributed by atoms with Crippen LogP contribution >= 0.6 is 0 Å². The molecule has 0 fully saturated rings. The first kappa shape index (κ1) is 9.92. The van der Waals surface area contributed by atoms with Crippen molar-refractivity contribution in [1.29, 1.82) is 0 Å². The van der Waals surface area contributed by atoms with Crippen LogP contribution in [0, 0.1) is 0 Å². The summed E-state index contributed by atoms with van der Waals surface area (Å²) in [5.41, 5.74) is 10.1. The Kier molecular flexibility index (Phi) is 2.31. The number of hydrogen-bond donors (Lipinski definition) is 2. The molecule has 0 atom stereocenters.